The first-order chi connectivity index (χ1) is 9.99. The molecular weight excluding hydrogens is 270 g/mol. The van der Waals surface area contributed by atoms with Crippen LogP contribution < -0.4 is 5.32 Å². The average molecular weight is 291 g/mol. The number of amides is 2. The fourth-order valence-electron chi connectivity index (χ4n) is 2.19. The summed E-state index contributed by atoms with van der Waals surface area (Å²) in [5.74, 6) is 0.359. The lowest BCUT2D eigenvalue weighted by Crippen LogP contribution is -2.48. The highest BCUT2D eigenvalue weighted by atomic mass is 16.2. The van der Waals surface area contributed by atoms with Crippen molar-refractivity contribution in [3.8, 4) is 0 Å². The molecule has 114 valence electrons. The summed E-state index contributed by atoms with van der Waals surface area (Å²) >= 11 is 0. The molecule has 1 aromatic heterocycles. The van der Waals surface area contributed by atoms with Crippen LogP contribution in [-0.2, 0) is 4.79 Å². The summed E-state index contributed by atoms with van der Waals surface area (Å²) in [4.78, 5) is 35.1. The summed E-state index contributed by atoms with van der Waals surface area (Å²) in [5, 5.41) is 3.11. The van der Waals surface area contributed by atoms with Crippen LogP contribution in [0.5, 0.6) is 0 Å². The Morgan fingerprint density at radius 3 is 2.52 bits per heavy atom. The SMILES string of the molecule is Cc1cc(C(=O)N2CCN(C=O)CC2)nc(NC(C)C)n1. The van der Waals surface area contributed by atoms with Crippen LogP contribution in [0.15, 0.2) is 6.07 Å². The van der Waals surface area contributed by atoms with Gasteiger partial charge in [0.15, 0.2) is 0 Å². The second kappa shape index (κ2) is 6.51. The van der Waals surface area contributed by atoms with Crippen molar-refractivity contribution in [3.05, 3.63) is 17.5 Å². The molecule has 0 aliphatic carbocycles. The molecule has 7 nitrogen and oxygen atoms in total. The average Bonchev–Trinajstić information content (AvgIpc) is 2.45. The molecular formula is C14H21N5O2. The lowest BCUT2D eigenvalue weighted by Gasteiger charge is -2.32. The summed E-state index contributed by atoms with van der Waals surface area (Å²) < 4.78 is 0. The first kappa shape index (κ1) is 15.2. The molecule has 1 fully saturated rings. The molecule has 1 saturated heterocycles. The Morgan fingerprint density at radius 1 is 1.29 bits per heavy atom. The molecule has 0 aromatic carbocycles. The highest BCUT2D eigenvalue weighted by Crippen LogP contribution is 2.10. The number of hydrogen-bond donors (Lipinski definition) is 1. The fourth-order valence-corrected chi connectivity index (χ4v) is 2.19. The predicted octanol–water partition coefficient (Wildman–Crippen LogP) is 0.520. The quantitative estimate of drug-likeness (QED) is 0.818. The molecule has 1 aliphatic heterocycles. The van der Waals surface area contributed by atoms with E-state index in [9.17, 15) is 9.59 Å². The molecule has 2 rings (SSSR count). The topological polar surface area (TPSA) is 78.4 Å². The van der Waals surface area contributed by atoms with Gasteiger partial charge in [-0.25, -0.2) is 9.97 Å². The van der Waals surface area contributed by atoms with E-state index in [1.807, 2.05) is 20.8 Å². The van der Waals surface area contributed by atoms with Gasteiger partial charge in [0, 0.05) is 37.9 Å². The van der Waals surface area contributed by atoms with Crippen molar-refractivity contribution in [1.82, 2.24) is 19.8 Å². The zero-order valence-electron chi connectivity index (χ0n) is 12.7. The van der Waals surface area contributed by atoms with Crippen LogP contribution in [0.4, 0.5) is 5.95 Å². The Labute approximate surface area is 124 Å². The third kappa shape index (κ3) is 3.90. The zero-order chi connectivity index (χ0) is 15.4. The summed E-state index contributed by atoms with van der Waals surface area (Å²) in [6.07, 6.45) is 0.821. The van der Waals surface area contributed by atoms with Gasteiger partial charge in [-0.3, -0.25) is 9.59 Å². The largest absolute Gasteiger partial charge is 0.352 e. The van der Waals surface area contributed by atoms with Crippen molar-refractivity contribution in [3.63, 3.8) is 0 Å². The monoisotopic (exact) mass is 291 g/mol. The van der Waals surface area contributed by atoms with Gasteiger partial charge < -0.3 is 15.1 Å². The van der Waals surface area contributed by atoms with Crippen molar-refractivity contribution < 1.29 is 9.59 Å². The van der Waals surface area contributed by atoms with Crippen molar-refractivity contribution in [2.75, 3.05) is 31.5 Å². The van der Waals surface area contributed by atoms with Crippen molar-refractivity contribution in [1.29, 1.82) is 0 Å². The number of carbonyl (C=O) groups is 2. The van der Waals surface area contributed by atoms with E-state index >= 15 is 0 Å². The van der Waals surface area contributed by atoms with E-state index in [1.165, 1.54) is 0 Å². The van der Waals surface area contributed by atoms with Crippen LogP contribution in [-0.4, -0.2) is 64.3 Å². The van der Waals surface area contributed by atoms with E-state index in [2.05, 4.69) is 15.3 Å². The molecule has 0 radical (unpaired) electrons. The van der Waals surface area contributed by atoms with E-state index in [0.29, 0.717) is 37.8 Å². The summed E-state index contributed by atoms with van der Waals surface area (Å²) in [5.41, 5.74) is 1.15. The van der Waals surface area contributed by atoms with Gasteiger partial charge in [-0.15, -0.1) is 0 Å². The van der Waals surface area contributed by atoms with Gasteiger partial charge in [-0.1, -0.05) is 0 Å². The van der Waals surface area contributed by atoms with Crippen molar-refractivity contribution in [2.45, 2.75) is 26.8 Å². The lowest BCUT2D eigenvalue weighted by molar-refractivity contribution is -0.119. The predicted molar refractivity (Wildman–Crippen MR) is 79.1 cm³/mol. The molecule has 0 unspecified atom stereocenters. The Kier molecular flexibility index (Phi) is 4.72. The maximum absolute atomic E-state index is 12.5. The number of aromatic nitrogens is 2. The molecule has 2 heterocycles. The van der Waals surface area contributed by atoms with E-state index in [4.69, 9.17) is 0 Å². The highest BCUT2D eigenvalue weighted by Gasteiger charge is 2.23. The molecule has 2 amide bonds. The van der Waals surface area contributed by atoms with Crippen LogP contribution in [0.25, 0.3) is 0 Å². The number of piperazine rings is 1. The molecule has 1 aliphatic rings. The molecule has 21 heavy (non-hydrogen) atoms. The van der Waals surface area contributed by atoms with Gasteiger partial charge in [0.1, 0.15) is 5.69 Å². The standard InChI is InChI=1S/C14H21N5O2/c1-10(2)15-14-16-11(3)8-12(17-14)13(21)19-6-4-18(9-20)5-7-19/h8-10H,4-7H2,1-3H3,(H,15,16,17). The molecule has 0 saturated carbocycles. The van der Waals surface area contributed by atoms with Gasteiger partial charge in [0.05, 0.1) is 0 Å². The number of aryl methyl sites for hydroxylation is 1. The minimum absolute atomic E-state index is 0.113. The number of rotatable bonds is 4. The fraction of sp³-hybridized carbons (Fsp3) is 0.571. The molecule has 0 bridgehead atoms. The van der Waals surface area contributed by atoms with Crippen molar-refractivity contribution >= 4 is 18.3 Å². The molecule has 0 atom stereocenters. The third-order valence-corrected chi connectivity index (χ3v) is 3.24. The van der Waals surface area contributed by atoms with Crippen LogP contribution in [0.2, 0.25) is 0 Å². The van der Waals surface area contributed by atoms with Gasteiger partial charge in [0.25, 0.3) is 5.91 Å². The van der Waals surface area contributed by atoms with Crippen LogP contribution in [0.3, 0.4) is 0 Å². The first-order valence-corrected chi connectivity index (χ1v) is 7.10. The number of hydrogen-bond acceptors (Lipinski definition) is 5. The molecule has 7 heteroatoms. The summed E-state index contributed by atoms with van der Waals surface area (Å²) in [6, 6.07) is 1.89. The minimum Gasteiger partial charge on any atom is -0.352 e. The maximum Gasteiger partial charge on any atom is 0.272 e. The Balaban J connectivity index is 2.12. The Hall–Kier alpha value is -2.18. The maximum atomic E-state index is 12.5. The van der Waals surface area contributed by atoms with Crippen LogP contribution in [0, 0.1) is 6.92 Å². The molecule has 1 aromatic rings. The smallest absolute Gasteiger partial charge is 0.272 e. The minimum atomic E-state index is -0.113. The van der Waals surface area contributed by atoms with E-state index in [-0.39, 0.29) is 11.9 Å². The first-order valence-electron chi connectivity index (χ1n) is 7.10. The van der Waals surface area contributed by atoms with Gasteiger partial charge in [-0.05, 0) is 26.8 Å². The normalized spacial score (nSPS) is 15.2. The van der Waals surface area contributed by atoms with Crippen LogP contribution >= 0.6 is 0 Å². The van der Waals surface area contributed by atoms with E-state index < -0.39 is 0 Å². The van der Waals surface area contributed by atoms with Crippen molar-refractivity contribution in [2.24, 2.45) is 0 Å². The van der Waals surface area contributed by atoms with Gasteiger partial charge in [-0.2, -0.15) is 0 Å². The third-order valence-electron chi connectivity index (χ3n) is 3.24. The highest BCUT2D eigenvalue weighted by molar-refractivity contribution is 5.92. The second-order valence-electron chi connectivity index (χ2n) is 5.45. The Bertz CT molecular complexity index is 524. The zero-order valence-corrected chi connectivity index (χ0v) is 12.7. The molecule has 1 N–H and O–H groups in total. The molecule has 0 spiro atoms. The number of nitrogens with one attached hydrogen (secondary N) is 1. The van der Waals surface area contributed by atoms with E-state index in [1.54, 1.807) is 15.9 Å². The lowest BCUT2D eigenvalue weighted by atomic mass is 10.2. The second-order valence-corrected chi connectivity index (χ2v) is 5.45. The number of anilines is 1. The van der Waals surface area contributed by atoms with Crippen LogP contribution in [0.1, 0.15) is 30.0 Å². The summed E-state index contributed by atoms with van der Waals surface area (Å²) in [7, 11) is 0. The van der Waals surface area contributed by atoms with E-state index in [0.717, 1.165) is 12.1 Å². The number of carbonyl (C=O) groups excluding carboxylic acids is 2. The summed E-state index contributed by atoms with van der Waals surface area (Å²) in [6.45, 7) is 8.03. The number of nitrogens with zero attached hydrogens (tertiary/aromatic N) is 4. The van der Waals surface area contributed by atoms with Gasteiger partial charge in [0.2, 0.25) is 12.4 Å². The van der Waals surface area contributed by atoms with Gasteiger partial charge >= 0.3 is 0 Å². The Morgan fingerprint density at radius 2 is 1.95 bits per heavy atom.